The molecular weight excluding hydrogens is 396 g/mol. The second-order valence-electron chi connectivity index (χ2n) is 8.24. The number of nitrogens with zero attached hydrogens (tertiary/aromatic N) is 3. The maximum Gasteiger partial charge on any atom is 0.273 e. The molecule has 4 rings (SSSR count). The van der Waals surface area contributed by atoms with Gasteiger partial charge in [-0.05, 0) is 18.8 Å². The van der Waals surface area contributed by atoms with Crippen molar-refractivity contribution in [2.75, 3.05) is 32.7 Å². The summed E-state index contributed by atoms with van der Waals surface area (Å²) in [4.78, 5) is 40.8. The van der Waals surface area contributed by atoms with Crippen LogP contribution in [0.2, 0.25) is 0 Å². The Balaban J connectivity index is 1.21. The van der Waals surface area contributed by atoms with Gasteiger partial charge in [-0.3, -0.25) is 14.4 Å². The average molecular weight is 425 g/mol. The third-order valence-corrected chi connectivity index (χ3v) is 6.12. The fourth-order valence-corrected chi connectivity index (χ4v) is 4.27. The van der Waals surface area contributed by atoms with Gasteiger partial charge in [0.25, 0.3) is 5.91 Å². The van der Waals surface area contributed by atoms with Crippen LogP contribution in [0.4, 0.5) is 0 Å². The highest BCUT2D eigenvalue weighted by Crippen LogP contribution is 2.28. The number of carbonyl (C=O) groups excluding carboxylic acids is 3. The highest BCUT2D eigenvalue weighted by atomic mass is 16.5. The van der Waals surface area contributed by atoms with Crippen molar-refractivity contribution in [1.82, 2.24) is 20.3 Å². The predicted octanol–water partition coefficient (Wildman–Crippen LogP) is 2.32. The number of hydrogen-bond donors (Lipinski definition) is 1. The number of rotatable bonds is 6. The van der Waals surface area contributed by atoms with Gasteiger partial charge in [0.1, 0.15) is 0 Å². The van der Waals surface area contributed by atoms with E-state index in [1.807, 2.05) is 35.2 Å². The van der Waals surface area contributed by atoms with E-state index in [9.17, 15) is 14.4 Å². The van der Waals surface area contributed by atoms with Gasteiger partial charge in [-0.1, -0.05) is 48.3 Å². The van der Waals surface area contributed by atoms with E-state index in [1.54, 1.807) is 11.0 Å². The molecule has 2 aromatic rings. The molecule has 164 valence electrons. The Labute approximate surface area is 181 Å². The second kappa shape index (κ2) is 9.76. The fourth-order valence-electron chi connectivity index (χ4n) is 4.27. The Morgan fingerprint density at radius 2 is 1.61 bits per heavy atom. The lowest BCUT2D eigenvalue weighted by Crippen LogP contribution is -2.52. The van der Waals surface area contributed by atoms with Crippen molar-refractivity contribution >= 4 is 17.7 Å². The van der Waals surface area contributed by atoms with Gasteiger partial charge < -0.3 is 19.6 Å². The minimum atomic E-state index is -0.454. The number of benzene rings is 1. The van der Waals surface area contributed by atoms with E-state index < -0.39 is 5.91 Å². The van der Waals surface area contributed by atoms with Crippen molar-refractivity contribution in [3.8, 4) is 11.3 Å². The molecule has 1 aliphatic heterocycles. The Hall–Kier alpha value is -3.16. The minimum absolute atomic E-state index is 0.109. The van der Waals surface area contributed by atoms with Gasteiger partial charge in [0, 0.05) is 44.2 Å². The number of carbonyl (C=O) groups is 3. The second-order valence-corrected chi connectivity index (χ2v) is 8.24. The molecular formula is C23H28N4O4. The van der Waals surface area contributed by atoms with Crippen molar-refractivity contribution in [1.29, 1.82) is 0 Å². The molecule has 1 aromatic heterocycles. The van der Waals surface area contributed by atoms with Crippen molar-refractivity contribution < 1.29 is 18.9 Å². The first-order valence-electron chi connectivity index (χ1n) is 11.0. The molecule has 3 amide bonds. The topological polar surface area (TPSA) is 95.8 Å². The smallest absolute Gasteiger partial charge is 0.273 e. The number of nitrogens with one attached hydrogen (secondary N) is 1. The Bertz CT molecular complexity index is 913. The SMILES string of the molecule is O=C(NCC(=O)N1CCN(C(=O)CC2CCCC2)CC1)c1cc(-c2ccccc2)on1. The Kier molecular flexibility index (Phi) is 6.64. The third-order valence-electron chi connectivity index (χ3n) is 6.12. The van der Waals surface area contributed by atoms with E-state index in [-0.39, 0.29) is 24.1 Å². The highest BCUT2D eigenvalue weighted by molar-refractivity contribution is 5.95. The monoisotopic (exact) mass is 424 g/mol. The first-order valence-corrected chi connectivity index (χ1v) is 11.0. The normalized spacial score (nSPS) is 17.0. The van der Waals surface area contributed by atoms with Crippen LogP contribution in [0, 0.1) is 5.92 Å². The first kappa shape index (κ1) is 21.1. The molecule has 2 fully saturated rings. The molecule has 0 atom stereocenters. The van der Waals surface area contributed by atoms with Crippen molar-refractivity contribution in [3.63, 3.8) is 0 Å². The van der Waals surface area contributed by atoms with Gasteiger partial charge in [-0.15, -0.1) is 0 Å². The molecule has 1 saturated carbocycles. The average Bonchev–Trinajstić information content (AvgIpc) is 3.50. The summed E-state index contributed by atoms with van der Waals surface area (Å²) in [6.07, 6.45) is 5.40. The van der Waals surface area contributed by atoms with Crippen LogP contribution in [0.1, 0.15) is 42.6 Å². The number of amides is 3. The van der Waals surface area contributed by atoms with Gasteiger partial charge in [0.05, 0.1) is 6.54 Å². The van der Waals surface area contributed by atoms with Crippen LogP contribution in [0.25, 0.3) is 11.3 Å². The number of hydrogen-bond acceptors (Lipinski definition) is 5. The van der Waals surface area contributed by atoms with E-state index in [0.717, 1.165) is 18.4 Å². The van der Waals surface area contributed by atoms with Gasteiger partial charge in [0.15, 0.2) is 11.5 Å². The molecule has 0 unspecified atom stereocenters. The maximum atomic E-state index is 12.5. The lowest BCUT2D eigenvalue weighted by Gasteiger charge is -2.35. The molecule has 2 aliphatic rings. The summed E-state index contributed by atoms with van der Waals surface area (Å²) in [5, 5.41) is 6.41. The van der Waals surface area contributed by atoms with E-state index in [1.165, 1.54) is 12.8 Å². The van der Waals surface area contributed by atoms with Crippen LogP contribution in [-0.4, -0.2) is 65.4 Å². The predicted molar refractivity (Wildman–Crippen MR) is 114 cm³/mol. The molecule has 0 radical (unpaired) electrons. The lowest BCUT2D eigenvalue weighted by atomic mass is 10.0. The maximum absolute atomic E-state index is 12.5. The van der Waals surface area contributed by atoms with Crippen LogP contribution in [0.5, 0.6) is 0 Å². The quantitative estimate of drug-likeness (QED) is 0.768. The van der Waals surface area contributed by atoms with E-state index >= 15 is 0 Å². The van der Waals surface area contributed by atoms with Gasteiger partial charge in [-0.2, -0.15) is 0 Å². The Morgan fingerprint density at radius 1 is 0.968 bits per heavy atom. The Morgan fingerprint density at radius 3 is 2.29 bits per heavy atom. The van der Waals surface area contributed by atoms with E-state index in [4.69, 9.17) is 4.52 Å². The molecule has 0 spiro atoms. The summed E-state index contributed by atoms with van der Waals surface area (Å²) in [6, 6.07) is 10.9. The van der Waals surface area contributed by atoms with Crippen LogP contribution in [0.15, 0.2) is 40.9 Å². The minimum Gasteiger partial charge on any atom is -0.355 e. The zero-order chi connectivity index (χ0) is 21.6. The summed E-state index contributed by atoms with van der Waals surface area (Å²) in [5.74, 6) is 0.608. The van der Waals surface area contributed by atoms with Crippen molar-refractivity contribution in [3.05, 3.63) is 42.1 Å². The largest absolute Gasteiger partial charge is 0.355 e. The first-order chi connectivity index (χ1) is 15.1. The van der Waals surface area contributed by atoms with Crippen LogP contribution < -0.4 is 5.32 Å². The lowest BCUT2D eigenvalue weighted by molar-refractivity contribution is -0.139. The van der Waals surface area contributed by atoms with Gasteiger partial charge in [0.2, 0.25) is 11.8 Å². The molecule has 1 aromatic carbocycles. The van der Waals surface area contributed by atoms with E-state index in [2.05, 4.69) is 10.5 Å². The van der Waals surface area contributed by atoms with Crippen LogP contribution >= 0.6 is 0 Å². The zero-order valence-electron chi connectivity index (χ0n) is 17.6. The highest BCUT2D eigenvalue weighted by Gasteiger charge is 2.27. The fraction of sp³-hybridized carbons (Fsp3) is 0.478. The molecule has 1 N–H and O–H groups in total. The molecule has 31 heavy (non-hydrogen) atoms. The van der Waals surface area contributed by atoms with Gasteiger partial charge >= 0.3 is 0 Å². The number of aromatic nitrogens is 1. The van der Waals surface area contributed by atoms with E-state index in [0.29, 0.717) is 44.3 Å². The van der Waals surface area contributed by atoms with Crippen molar-refractivity contribution in [2.45, 2.75) is 32.1 Å². The summed E-state index contributed by atoms with van der Waals surface area (Å²) < 4.78 is 5.23. The molecule has 8 nitrogen and oxygen atoms in total. The molecule has 8 heteroatoms. The molecule has 0 bridgehead atoms. The van der Waals surface area contributed by atoms with Crippen LogP contribution in [0.3, 0.4) is 0 Å². The van der Waals surface area contributed by atoms with Gasteiger partial charge in [-0.25, -0.2) is 0 Å². The third kappa shape index (κ3) is 5.31. The summed E-state index contributed by atoms with van der Waals surface area (Å²) in [5.41, 5.74) is 0.958. The summed E-state index contributed by atoms with van der Waals surface area (Å²) in [7, 11) is 0. The summed E-state index contributed by atoms with van der Waals surface area (Å²) >= 11 is 0. The zero-order valence-corrected chi connectivity index (χ0v) is 17.6. The van der Waals surface area contributed by atoms with Crippen molar-refractivity contribution in [2.24, 2.45) is 5.92 Å². The molecule has 1 aliphatic carbocycles. The molecule has 1 saturated heterocycles. The van der Waals surface area contributed by atoms with Crippen LogP contribution in [-0.2, 0) is 9.59 Å². The molecule has 2 heterocycles. The standard InChI is InChI=1S/C23H28N4O4/c28-21(14-17-6-4-5-7-17)26-10-12-27(13-11-26)22(29)16-24-23(30)19-15-20(31-25-19)18-8-2-1-3-9-18/h1-3,8-9,15,17H,4-7,10-14,16H2,(H,24,30). The number of piperazine rings is 1. The summed E-state index contributed by atoms with van der Waals surface area (Å²) in [6.45, 7) is 1.98.